The number of alkyl halides is 2. The summed E-state index contributed by atoms with van der Waals surface area (Å²) >= 11 is 5.68. The maximum absolute atomic E-state index is 12.6. The molecular weight excluding hydrogens is 256 g/mol. The fourth-order valence-corrected chi connectivity index (χ4v) is 1.39. The second kappa shape index (κ2) is 5.77. The normalized spacial score (nSPS) is 10.5. The molecular formula is C10H10ClF2NO3. The van der Waals surface area contributed by atoms with Crippen molar-refractivity contribution in [2.75, 3.05) is 13.7 Å². The molecule has 0 fully saturated rings. The number of hydrogen-bond acceptors (Lipinski definition) is 4. The van der Waals surface area contributed by atoms with Gasteiger partial charge in [-0.15, -0.1) is 0 Å². The van der Waals surface area contributed by atoms with Gasteiger partial charge in [0.15, 0.2) is 5.69 Å². The van der Waals surface area contributed by atoms with Crippen molar-refractivity contribution in [2.45, 2.75) is 13.3 Å². The summed E-state index contributed by atoms with van der Waals surface area (Å²) < 4.78 is 34.5. The average molecular weight is 266 g/mol. The monoisotopic (exact) mass is 265 g/mol. The van der Waals surface area contributed by atoms with Crippen LogP contribution in [0.3, 0.4) is 0 Å². The standard InChI is InChI=1S/C10H10ClF2NO3/c1-3-17-10(15)7-6(11)4-5(8(12)13)9(14-7)16-2/h4,8H,3H2,1-2H3. The van der Waals surface area contributed by atoms with E-state index in [1.54, 1.807) is 6.92 Å². The van der Waals surface area contributed by atoms with Gasteiger partial charge in [0.2, 0.25) is 5.88 Å². The van der Waals surface area contributed by atoms with Crippen LogP contribution in [0.15, 0.2) is 6.07 Å². The number of carbonyl (C=O) groups excluding carboxylic acids is 1. The Kier molecular flexibility index (Phi) is 4.62. The van der Waals surface area contributed by atoms with Crippen molar-refractivity contribution in [2.24, 2.45) is 0 Å². The van der Waals surface area contributed by atoms with Gasteiger partial charge in [0.05, 0.1) is 24.3 Å². The molecule has 0 amide bonds. The maximum atomic E-state index is 12.6. The van der Waals surface area contributed by atoms with Gasteiger partial charge >= 0.3 is 5.97 Å². The molecule has 94 valence electrons. The number of hydrogen-bond donors (Lipinski definition) is 0. The Morgan fingerprint density at radius 2 is 2.24 bits per heavy atom. The van der Waals surface area contributed by atoms with E-state index >= 15 is 0 Å². The van der Waals surface area contributed by atoms with Gasteiger partial charge < -0.3 is 9.47 Å². The van der Waals surface area contributed by atoms with E-state index in [1.165, 1.54) is 7.11 Å². The van der Waals surface area contributed by atoms with Crippen molar-refractivity contribution in [1.82, 2.24) is 4.98 Å². The SMILES string of the molecule is CCOC(=O)c1nc(OC)c(C(F)F)cc1Cl. The summed E-state index contributed by atoms with van der Waals surface area (Å²) in [6.07, 6.45) is -2.79. The van der Waals surface area contributed by atoms with E-state index in [4.69, 9.17) is 11.6 Å². The molecule has 0 aliphatic carbocycles. The minimum atomic E-state index is -2.79. The summed E-state index contributed by atoms with van der Waals surface area (Å²) in [5, 5.41) is -0.195. The molecule has 0 radical (unpaired) electrons. The van der Waals surface area contributed by atoms with E-state index in [2.05, 4.69) is 14.5 Å². The van der Waals surface area contributed by atoms with Gasteiger partial charge in [-0.25, -0.2) is 18.6 Å². The summed E-state index contributed by atoms with van der Waals surface area (Å²) in [4.78, 5) is 15.0. The lowest BCUT2D eigenvalue weighted by Crippen LogP contribution is -2.10. The molecule has 0 saturated heterocycles. The summed E-state index contributed by atoms with van der Waals surface area (Å²) in [6, 6.07) is 0.949. The lowest BCUT2D eigenvalue weighted by Gasteiger charge is -2.10. The first-order chi connectivity index (χ1) is 8.01. The minimum Gasteiger partial charge on any atom is -0.481 e. The first kappa shape index (κ1) is 13.6. The highest BCUT2D eigenvalue weighted by Gasteiger charge is 2.22. The van der Waals surface area contributed by atoms with Crippen LogP contribution < -0.4 is 4.74 Å². The lowest BCUT2D eigenvalue weighted by molar-refractivity contribution is 0.0518. The van der Waals surface area contributed by atoms with Crippen LogP contribution in [0, 0.1) is 0 Å². The van der Waals surface area contributed by atoms with Crippen LogP contribution in [0.5, 0.6) is 5.88 Å². The smallest absolute Gasteiger partial charge is 0.358 e. The van der Waals surface area contributed by atoms with E-state index in [9.17, 15) is 13.6 Å². The third-order valence-corrected chi connectivity index (χ3v) is 2.15. The Bertz CT molecular complexity index is 426. The molecule has 17 heavy (non-hydrogen) atoms. The quantitative estimate of drug-likeness (QED) is 0.786. The van der Waals surface area contributed by atoms with Crippen LogP contribution in [0.25, 0.3) is 0 Å². The number of esters is 1. The topological polar surface area (TPSA) is 48.4 Å². The molecule has 0 spiro atoms. The largest absolute Gasteiger partial charge is 0.481 e. The van der Waals surface area contributed by atoms with Crippen LogP contribution in [0.1, 0.15) is 29.4 Å². The number of nitrogens with zero attached hydrogens (tertiary/aromatic N) is 1. The number of methoxy groups -OCH3 is 1. The third kappa shape index (κ3) is 3.03. The maximum Gasteiger partial charge on any atom is 0.358 e. The second-order valence-corrected chi connectivity index (χ2v) is 3.35. The predicted molar refractivity (Wildman–Crippen MR) is 56.7 cm³/mol. The Hall–Kier alpha value is -1.43. The van der Waals surface area contributed by atoms with Gasteiger partial charge in [-0.2, -0.15) is 0 Å². The molecule has 4 nitrogen and oxygen atoms in total. The Balaban J connectivity index is 3.22. The average Bonchev–Trinajstić information content (AvgIpc) is 2.28. The highest BCUT2D eigenvalue weighted by Crippen LogP contribution is 2.31. The van der Waals surface area contributed by atoms with E-state index in [1.807, 2.05) is 0 Å². The van der Waals surface area contributed by atoms with Crippen LogP contribution >= 0.6 is 11.6 Å². The minimum absolute atomic E-state index is 0.135. The summed E-state index contributed by atoms with van der Waals surface area (Å²) in [7, 11) is 1.18. The zero-order chi connectivity index (χ0) is 13.0. The molecule has 0 aromatic carbocycles. The molecule has 0 aliphatic heterocycles. The van der Waals surface area contributed by atoms with E-state index in [-0.39, 0.29) is 23.2 Å². The van der Waals surface area contributed by atoms with E-state index < -0.39 is 18.0 Å². The van der Waals surface area contributed by atoms with Crippen molar-refractivity contribution in [1.29, 1.82) is 0 Å². The molecule has 0 bridgehead atoms. The first-order valence-corrected chi connectivity index (χ1v) is 5.08. The molecule has 0 N–H and O–H groups in total. The molecule has 0 unspecified atom stereocenters. The number of pyridine rings is 1. The predicted octanol–water partition coefficient (Wildman–Crippen LogP) is 2.86. The van der Waals surface area contributed by atoms with E-state index in [0.717, 1.165) is 6.07 Å². The van der Waals surface area contributed by atoms with Crippen LogP contribution in [0.2, 0.25) is 5.02 Å². The summed E-state index contributed by atoms with van der Waals surface area (Å²) in [5.41, 5.74) is -0.708. The molecule has 7 heteroatoms. The van der Waals surface area contributed by atoms with Crippen LogP contribution in [-0.2, 0) is 4.74 Å². The Labute approximate surface area is 101 Å². The second-order valence-electron chi connectivity index (χ2n) is 2.94. The van der Waals surface area contributed by atoms with Crippen LogP contribution in [-0.4, -0.2) is 24.7 Å². The fourth-order valence-electron chi connectivity index (χ4n) is 1.15. The van der Waals surface area contributed by atoms with Gasteiger partial charge in [-0.3, -0.25) is 0 Å². The number of carbonyl (C=O) groups is 1. The number of halogens is 3. The molecule has 0 saturated carbocycles. The number of ether oxygens (including phenoxy) is 2. The third-order valence-electron chi connectivity index (χ3n) is 1.87. The fraction of sp³-hybridized carbons (Fsp3) is 0.400. The van der Waals surface area contributed by atoms with Crippen molar-refractivity contribution >= 4 is 17.6 Å². The number of rotatable bonds is 4. The zero-order valence-corrected chi connectivity index (χ0v) is 9.92. The lowest BCUT2D eigenvalue weighted by atomic mass is 10.2. The van der Waals surface area contributed by atoms with Crippen molar-refractivity contribution in [3.05, 3.63) is 22.3 Å². The van der Waals surface area contributed by atoms with Crippen LogP contribution in [0.4, 0.5) is 8.78 Å². The number of aromatic nitrogens is 1. The molecule has 0 aliphatic rings. The van der Waals surface area contributed by atoms with Crippen molar-refractivity contribution in [3.63, 3.8) is 0 Å². The molecule has 1 aromatic rings. The van der Waals surface area contributed by atoms with E-state index in [0.29, 0.717) is 0 Å². The van der Waals surface area contributed by atoms with Crippen molar-refractivity contribution < 1.29 is 23.0 Å². The first-order valence-electron chi connectivity index (χ1n) is 4.71. The Morgan fingerprint density at radius 3 is 2.71 bits per heavy atom. The molecule has 1 aromatic heterocycles. The highest BCUT2D eigenvalue weighted by molar-refractivity contribution is 6.33. The molecule has 0 atom stereocenters. The van der Waals surface area contributed by atoms with Gasteiger partial charge in [-0.05, 0) is 13.0 Å². The van der Waals surface area contributed by atoms with Crippen molar-refractivity contribution in [3.8, 4) is 5.88 Å². The summed E-state index contributed by atoms with van der Waals surface area (Å²) in [6.45, 7) is 1.74. The Morgan fingerprint density at radius 1 is 1.59 bits per heavy atom. The van der Waals surface area contributed by atoms with Gasteiger partial charge in [0, 0.05) is 0 Å². The van der Waals surface area contributed by atoms with Gasteiger partial charge in [0.25, 0.3) is 6.43 Å². The highest BCUT2D eigenvalue weighted by atomic mass is 35.5. The zero-order valence-electron chi connectivity index (χ0n) is 9.17. The molecule has 1 heterocycles. The molecule has 1 rings (SSSR count). The van der Waals surface area contributed by atoms with Gasteiger partial charge in [0.1, 0.15) is 0 Å². The summed E-state index contributed by atoms with van der Waals surface area (Å²) in [5.74, 6) is -1.12. The van der Waals surface area contributed by atoms with Gasteiger partial charge in [-0.1, -0.05) is 11.6 Å².